The first-order chi connectivity index (χ1) is 10.8. The van der Waals surface area contributed by atoms with Crippen molar-refractivity contribution < 1.29 is 14.3 Å². The molecular formula is C19H29NO3. The number of fused-ring (bicyclic) bond motifs is 1. The van der Waals surface area contributed by atoms with Gasteiger partial charge in [0.15, 0.2) is 0 Å². The van der Waals surface area contributed by atoms with Crippen molar-refractivity contribution in [3.8, 4) is 0 Å². The van der Waals surface area contributed by atoms with Gasteiger partial charge in [0.25, 0.3) is 0 Å². The van der Waals surface area contributed by atoms with Gasteiger partial charge in [0.05, 0.1) is 12.0 Å². The molecule has 4 nitrogen and oxygen atoms in total. The van der Waals surface area contributed by atoms with Crippen LogP contribution in [0.1, 0.15) is 53.9 Å². The lowest BCUT2D eigenvalue weighted by Gasteiger charge is -2.45. The van der Waals surface area contributed by atoms with Gasteiger partial charge in [-0.25, -0.2) is 9.69 Å². The number of amides is 2. The zero-order valence-corrected chi connectivity index (χ0v) is 14.9. The summed E-state index contributed by atoms with van der Waals surface area (Å²) < 4.78 is 5.41. The number of hydrogen-bond donors (Lipinski definition) is 0. The maximum Gasteiger partial charge on any atom is 0.417 e. The molecule has 128 valence electrons. The molecule has 1 saturated heterocycles. The minimum absolute atomic E-state index is 0.0494. The molecule has 2 fully saturated rings. The Kier molecular flexibility index (Phi) is 5.33. The third-order valence-electron chi connectivity index (χ3n) is 4.46. The summed E-state index contributed by atoms with van der Waals surface area (Å²) in [4.78, 5) is 26.3. The molecule has 1 aliphatic heterocycles. The summed E-state index contributed by atoms with van der Waals surface area (Å²) in [6.07, 6.45) is 10.9. The topological polar surface area (TPSA) is 46.6 Å². The minimum atomic E-state index is -0.586. The van der Waals surface area contributed by atoms with E-state index >= 15 is 0 Å². The molecule has 0 radical (unpaired) electrons. The molecule has 0 aromatic heterocycles. The summed E-state index contributed by atoms with van der Waals surface area (Å²) in [7, 11) is 0. The predicted octanol–water partition coefficient (Wildman–Crippen LogP) is 4.32. The van der Waals surface area contributed by atoms with Crippen molar-refractivity contribution in [1.29, 1.82) is 0 Å². The molecule has 0 aromatic carbocycles. The lowest BCUT2D eigenvalue weighted by atomic mass is 9.82. The fraction of sp³-hybridized carbons (Fsp3) is 0.684. The summed E-state index contributed by atoms with van der Waals surface area (Å²) in [6, 6.07) is -0.0494. The number of imide groups is 1. The number of likely N-dealkylation sites (tertiary alicyclic amines) is 1. The van der Waals surface area contributed by atoms with Crippen LogP contribution < -0.4 is 0 Å². The second-order valence-corrected chi connectivity index (χ2v) is 7.44. The van der Waals surface area contributed by atoms with Gasteiger partial charge < -0.3 is 4.74 Å². The second-order valence-electron chi connectivity index (χ2n) is 7.44. The molecule has 4 heteroatoms. The van der Waals surface area contributed by atoms with Crippen molar-refractivity contribution in [2.24, 2.45) is 17.8 Å². The van der Waals surface area contributed by atoms with Crippen LogP contribution in [0.5, 0.6) is 0 Å². The van der Waals surface area contributed by atoms with E-state index in [-0.39, 0.29) is 29.7 Å². The van der Waals surface area contributed by atoms with Crippen LogP contribution in [-0.4, -0.2) is 28.5 Å². The molecule has 0 spiro atoms. The Hall–Kier alpha value is -1.58. The third kappa shape index (κ3) is 3.67. The van der Waals surface area contributed by atoms with Crippen molar-refractivity contribution >= 4 is 12.0 Å². The molecule has 2 unspecified atom stereocenters. The standard InChI is InChI=1S/C19H29NO3/c1-6-8-10-13-12-14(11-9-7-2)16-15(13)17(21)20(16)18(22)23-19(3,4)5/h8-11,13-16H,6-7,12H2,1-5H3/b10-8+,11-9+/t13-,14+,15?,16?/m1/s1. The monoisotopic (exact) mass is 319 g/mol. The van der Waals surface area contributed by atoms with E-state index in [4.69, 9.17) is 4.74 Å². The molecule has 4 atom stereocenters. The van der Waals surface area contributed by atoms with Crippen LogP contribution in [0.2, 0.25) is 0 Å². The van der Waals surface area contributed by atoms with Gasteiger partial charge >= 0.3 is 6.09 Å². The summed E-state index contributed by atoms with van der Waals surface area (Å²) >= 11 is 0. The zero-order chi connectivity index (χ0) is 17.2. The van der Waals surface area contributed by atoms with Crippen molar-refractivity contribution in [3.63, 3.8) is 0 Å². The summed E-state index contributed by atoms with van der Waals surface area (Å²) in [6.45, 7) is 9.65. The Morgan fingerprint density at radius 3 is 2.26 bits per heavy atom. The van der Waals surface area contributed by atoms with Crippen LogP contribution in [-0.2, 0) is 9.53 Å². The maximum atomic E-state index is 12.5. The van der Waals surface area contributed by atoms with Gasteiger partial charge in [0, 0.05) is 0 Å². The number of hydrogen-bond acceptors (Lipinski definition) is 3. The lowest BCUT2D eigenvalue weighted by molar-refractivity contribution is -0.154. The number of nitrogens with zero attached hydrogens (tertiary/aromatic N) is 1. The molecular weight excluding hydrogens is 290 g/mol. The number of β-lactam (4-membered cyclic amide) rings is 1. The maximum absolute atomic E-state index is 12.5. The molecule has 0 aromatic rings. The van der Waals surface area contributed by atoms with Gasteiger partial charge in [0.1, 0.15) is 5.60 Å². The SMILES string of the molecule is CC/C=C/[C@@H]1C[C@H](/C=C/CC)C2C1C(=O)N2C(=O)OC(C)(C)C. The van der Waals surface area contributed by atoms with Gasteiger partial charge in [-0.3, -0.25) is 4.79 Å². The molecule has 2 rings (SSSR count). The predicted molar refractivity (Wildman–Crippen MR) is 90.8 cm³/mol. The molecule has 1 saturated carbocycles. The van der Waals surface area contributed by atoms with Gasteiger partial charge in [-0.1, -0.05) is 38.2 Å². The van der Waals surface area contributed by atoms with E-state index in [2.05, 4.69) is 38.2 Å². The average Bonchev–Trinajstić information content (AvgIpc) is 2.74. The molecule has 1 heterocycles. The fourth-order valence-corrected chi connectivity index (χ4v) is 3.56. The number of rotatable bonds is 4. The van der Waals surface area contributed by atoms with Crippen LogP contribution in [0.3, 0.4) is 0 Å². The summed E-state index contributed by atoms with van der Waals surface area (Å²) in [5, 5.41) is 0. The first kappa shape index (κ1) is 17.8. The van der Waals surface area contributed by atoms with Crippen molar-refractivity contribution in [3.05, 3.63) is 24.3 Å². The Balaban J connectivity index is 2.19. The summed E-state index contributed by atoms with van der Waals surface area (Å²) in [5.74, 6) is 0.313. The summed E-state index contributed by atoms with van der Waals surface area (Å²) in [5.41, 5.74) is -0.586. The van der Waals surface area contributed by atoms with Gasteiger partial charge in [-0.05, 0) is 51.9 Å². The van der Waals surface area contributed by atoms with E-state index in [0.717, 1.165) is 19.3 Å². The van der Waals surface area contributed by atoms with E-state index < -0.39 is 11.7 Å². The van der Waals surface area contributed by atoms with Crippen molar-refractivity contribution in [2.45, 2.75) is 65.5 Å². The van der Waals surface area contributed by atoms with Crippen LogP contribution >= 0.6 is 0 Å². The Labute approximate surface area is 139 Å². The van der Waals surface area contributed by atoms with Crippen LogP contribution in [0.25, 0.3) is 0 Å². The first-order valence-electron chi connectivity index (χ1n) is 8.69. The molecule has 2 aliphatic rings. The minimum Gasteiger partial charge on any atom is -0.443 e. The number of carbonyl (C=O) groups excluding carboxylic acids is 2. The smallest absolute Gasteiger partial charge is 0.417 e. The lowest BCUT2D eigenvalue weighted by Crippen LogP contribution is -2.64. The third-order valence-corrected chi connectivity index (χ3v) is 4.46. The highest BCUT2D eigenvalue weighted by Crippen LogP contribution is 2.49. The number of allylic oxidation sites excluding steroid dienone is 3. The van der Waals surface area contributed by atoms with E-state index in [1.165, 1.54) is 4.90 Å². The molecule has 0 bridgehead atoms. The van der Waals surface area contributed by atoms with Crippen molar-refractivity contribution in [2.75, 3.05) is 0 Å². The number of ether oxygens (including phenoxy) is 1. The molecule has 23 heavy (non-hydrogen) atoms. The average molecular weight is 319 g/mol. The van der Waals surface area contributed by atoms with Crippen LogP contribution in [0.4, 0.5) is 4.79 Å². The molecule has 1 aliphatic carbocycles. The first-order valence-corrected chi connectivity index (χ1v) is 8.69. The quantitative estimate of drug-likeness (QED) is 0.573. The Morgan fingerprint density at radius 2 is 1.74 bits per heavy atom. The van der Waals surface area contributed by atoms with Crippen molar-refractivity contribution in [1.82, 2.24) is 4.90 Å². The normalized spacial score (nSPS) is 30.8. The van der Waals surface area contributed by atoms with E-state index in [0.29, 0.717) is 0 Å². The zero-order valence-electron chi connectivity index (χ0n) is 14.9. The second kappa shape index (κ2) is 6.90. The molecule has 2 amide bonds. The van der Waals surface area contributed by atoms with Gasteiger partial charge in [-0.2, -0.15) is 0 Å². The van der Waals surface area contributed by atoms with E-state index in [1.54, 1.807) is 0 Å². The van der Waals surface area contributed by atoms with E-state index in [1.807, 2.05) is 20.8 Å². The van der Waals surface area contributed by atoms with Crippen LogP contribution in [0.15, 0.2) is 24.3 Å². The van der Waals surface area contributed by atoms with E-state index in [9.17, 15) is 9.59 Å². The highest BCUT2D eigenvalue weighted by atomic mass is 16.6. The largest absolute Gasteiger partial charge is 0.443 e. The van der Waals surface area contributed by atoms with Gasteiger partial charge in [0.2, 0.25) is 5.91 Å². The fourth-order valence-electron chi connectivity index (χ4n) is 3.56. The van der Waals surface area contributed by atoms with Crippen LogP contribution in [0, 0.1) is 17.8 Å². The Morgan fingerprint density at radius 1 is 1.17 bits per heavy atom. The highest BCUT2D eigenvalue weighted by Gasteiger charge is 2.61. The number of carbonyl (C=O) groups is 2. The molecule has 0 N–H and O–H groups in total. The highest BCUT2D eigenvalue weighted by molar-refractivity contribution is 6.00. The Bertz CT molecular complexity index is 515. The van der Waals surface area contributed by atoms with Gasteiger partial charge in [-0.15, -0.1) is 0 Å².